The van der Waals surface area contributed by atoms with Crippen molar-refractivity contribution >= 4 is 5.97 Å². The van der Waals surface area contributed by atoms with Crippen molar-refractivity contribution in [2.45, 2.75) is 19.5 Å². The van der Waals surface area contributed by atoms with E-state index in [1.165, 1.54) is 5.56 Å². The quantitative estimate of drug-likeness (QED) is 0.709. The minimum atomic E-state index is -0.907. The maximum absolute atomic E-state index is 11.0. The fourth-order valence-electron chi connectivity index (χ4n) is 3.45. The van der Waals surface area contributed by atoms with Crippen molar-refractivity contribution in [3.63, 3.8) is 0 Å². The largest absolute Gasteiger partial charge is 0.478 e. The number of hydrogen-bond acceptors (Lipinski definition) is 4. The Morgan fingerprint density at radius 1 is 1.21 bits per heavy atom. The van der Waals surface area contributed by atoms with Crippen LogP contribution in [0.15, 0.2) is 54.7 Å². The van der Waals surface area contributed by atoms with E-state index in [-0.39, 0.29) is 6.04 Å². The molecule has 144 valence electrons. The Labute approximate surface area is 163 Å². The summed E-state index contributed by atoms with van der Waals surface area (Å²) in [5.74, 6) is -0.0209. The van der Waals surface area contributed by atoms with Crippen LogP contribution >= 0.6 is 0 Å². The summed E-state index contributed by atoms with van der Waals surface area (Å²) >= 11 is 0. The lowest BCUT2D eigenvalue weighted by Crippen LogP contribution is -2.39. The van der Waals surface area contributed by atoms with Crippen LogP contribution in [-0.4, -0.2) is 45.7 Å². The Morgan fingerprint density at radius 3 is 2.68 bits per heavy atom. The first kappa shape index (κ1) is 18.4. The van der Waals surface area contributed by atoms with E-state index in [2.05, 4.69) is 46.1 Å². The van der Waals surface area contributed by atoms with Crippen molar-refractivity contribution in [1.82, 2.24) is 14.9 Å². The van der Waals surface area contributed by atoms with Crippen molar-refractivity contribution in [1.29, 1.82) is 0 Å². The second-order valence-corrected chi connectivity index (χ2v) is 7.11. The normalized spacial score (nSPS) is 17.5. The van der Waals surface area contributed by atoms with Gasteiger partial charge in [-0.05, 0) is 30.2 Å². The number of aromatic amines is 1. The zero-order valence-corrected chi connectivity index (χ0v) is 15.8. The number of imidazole rings is 1. The fraction of sp³-hybridized carbons (Fsp3) is 0.273. The lowest BCUT2D eigenvalue weighted by atomic mass is 10.1. The highest BCUT2D eigenvalue weighted by Crippen LogP contribution is 2.26. The van der Waals surface area contributed by atoms with Crippen LogP contribution in [0.5, 0.6) is 0 Å². The van der Waals surface area contributed by atoms with Crippen LogP contribution in [-0.2, 0) is 11.3 Å². The molecule has 0 radical (unpaired) electrons. The summed E-state index contributed by atoms with van der Waals surface area (Å²) in [6, 6.07) is 15.4. The first-order valence-corrected chi connectivity index (χ1v) is 9.36. The summed E-state index contributed by atoms with van der Waals surface area (Å²) < 4.78 is 5.71. The fourth-order valence-corrected chi connectivity index (χ4v) is 3.45. The average Bonchev–Trinajstić information content (AvgIpc) is 3.19. The molecule has 4 rings (SSSR count). The summed E-state index contributed by atoms with van der Waals surface area (Å²) in [5, 5.41) is 9.06. The molecule has 6 heteroatoms. The third-order valence-corrected chi connectivity index (χ3v) is 5.10. The van der Waals surface area contributed by atoms with Crippen molar-refractivity contribution in [3.05, 3.63) is 77.2 Å². The summed E-state index contributed by atoms with van der Waals surface area (Å²) in [4.78, 5) is 21.4. The maximum Gasteiger partial charge on any atom is 0.335 e. The Hall–Kier alpha value is -2.96. The molecule has 0 aliphatic carbocycles. The smallest absolute Gasteiger partial charge is 0.335 e. The molecule has 2 heterocycles. The number of aromatic carboxylic acids is 1. The summed E-state index contributed by atoms with van der Waals surface area (Å²) in [6.45, 7) is 4.84. The second kappa shape index (κ2) is 7.96. The number of carboxylic acid groups (broad SMARTS) is 1. The van der Waals surface area contributed by atoms with Crippen LogP contribution < -0.4 is 0 Å². The van der Waals surface area contributed by atoms with E-state index in [4.69, 9.17) is 9.84 Å². The number of aryl methyl sites for hydroxylation is 1. The van der Waals surface area contributed by atoms with E-state index in [0.29, 0.717) is 25.3 Å². The van der Waals surface area contributed by atoms with E-state index in [1.54, 1.807) is 12.1 Å². The molecule has 1 atom stereocenters. The number of hydrogen-bond donors (Lipinski definition) is 2. The van der Waals surface area contributed by atoms with Gasteiger partial charge < -0.3 is 14.8 Å². The molecule has 0 amide bonds. The lowest BCUT2D eigenvalue weighted by molar-refractivity contribution is -0.0156. The highest BCUT2D eigenvalue weighted by molar-refractivity contribution is 5.87. The zero-order chi connectivity index (χ0) is 19.5. The molecule has 0 saturated carbocycles. The highest BCUT2D eigenvalue weighted by Gasteiger charge is 2.27. The second-order valence-electron chi connectivity index (χ2n) is 7.11. The van der Waals surface area contributed by atoms with Crippen LogP contribution in [0.25, 0.3) is 11.3 Å². The molecular weight excluding hydrogens is 354 g/mol. The van der Waals surface area contributed by atoms with E-state index in [0.717, 1.165) is 29.2 Å². The van der Waals surface area contributed by atoms with E-state index >= 15 is 0 Å². The third kappa shape index (κ3) is 3.98. The number of nitrogens with zero attached hydrogens (tertiary/aromatic N) is 2. The van der Waals surface area contributed by atoms with Gasteiger partial charge in [0.15, 0.2) is 0 Å². The molecule has 0 spiro atoms. The number of aromatic nitrogens is 2. The molecule has 3 aromatic rings. The number of nitrogens with one attached hydrogen (secondary N) is 1. The van der Waals surface area contributed by atoms with Crippen molar-refractivity contribution < 1.29 is 14.6 Å². The lowest BCUT2D eigenvalue weighted by Gasteiger charge is -2.34. The van der Waals surface area contributed by atoms with Gasteiger partial charge in [0.05, 0.1) is 36.7 Å². The van der Waals surface area contributed by atoms with Gasteiger partial charge in [0.25, 0.3) is 0 Å². The van der Waals surface area contributed by atoms with Gasteiger partial charge in [-0.15, -0.1) is 0 Å². The zero-order valence-electron chi connectivity index (χ0n) is 15.8. The van der Waals surface area contributed by atoms with E-state index in [9.17, 15) is 4.79 Å². The van der Waals surface area contributed by atoms with Crippen LogP contribution in [0, 0.1) is 6.92 Å². The monoisotopic (exact) mass is 377 g/mol. The summed E-state index contributed by atoms with van der Waals surface area (Å²) in [5.41, 5.74) is 4.70. The molecule has 0 bridgehead atoms. The molecule has 0 unspecified atom stereocenters. The van der Waals surface area contributed by atoms with Gasteiger partial charge in [0.1, 0.15) is 5.82 Å². The standard InChI is InChI=1S/C22H23N3O3/c1-15-2-6-17(7-3-15)19-12-23-21(24-19)20-14-28-11-10-25(20)13-16-4-8-18(9-5-16)22(26)27/h2-9,12,20H,10-11,13-14H2,1H3,(H,23,24)(H,26,27)/t20-/m0/s1. The number of morpholine rings is 1. The topological polar surface area (TPSA) is 78.4 Å². The van der Waals surface area contributed by atoms with Crippen molar-refractivity contribution in [2.75, 3.05) is 19.8 Å². The highest BCUT2D eigenvalue weighted by atomic mass is 16.5. The van der Waals surface area contributed by atoms with E-state index < -0.39 is 5.97 Å². The SMILES string of the molecule is Cc1ccc(-c2cnc([C@@H]3COCCN3Cc3ccc(C(=O)O)cc3)[nH]2)cc1. The van der Waals surface area contributed by atoms with Crippen LogP contribution in [0.3, 0.4) is 0 Å². The average molecular weight is 377 g/mol. The van der Waals surface area contributed by atoms with E-state index in [1.807, 2.05) is 18.3 Å². The summed E-state index contributed by atoms with van der Waals surface area (Å²) in [6.07, 6.45) is 1.87. The minimum absolute atomic E-state index is 0.0344. The van der Waals surface area contributed by atoms with Gasteiger partial charge >= 0.3 is 5.97 Å². The molecule has 1 saturated heterocycles. The number of benzene rings is 2. The number of H-pyrrole nitrogens is 1. The summed E-state index contributed by atoms with van der Waals surface area (Å²) in [7, 11) is 0. The third-order valence-electron chi connectivity index (χ3n) is 5.10. The van der Waals surface area contributed by atoms with Crippen LogP contribution in [0.2, 0.25) is 0 Å². The molecule has 1 fully saturated rings. The van der Waals surface area contributed by atoms with Crippen LogP contribution in [0.4, 0.5) is 0 Å². The van der Waals surface area contributed by atoms with Crippen LogP contribution in [0.1, 0.15) is 33.4 Å². The molecule has 1 aliphatic rings. The molecular formula is C22H23N3O3. The van der Waals surface area contributed by atoms with Crippen molar-refractivity contribution in [2.24, 2.45) is 0 Å². The number of rotatable bonds is 5. The van der Waals surface area contributed by atoms with Gasteiger partial charge in [0, 0.05) is 13.1 Å². The Morgan fingerprint density at radius 2 is 1.96 bits per heavy atom. The predicted molar refractivity (Wildman–Crippen MR) is 106 cm³/mol. The van der Waals surface area contributed by atoms with Gasteiger partial charge in [-0.25, -0.2) is 9.78 Å². The Balaban J connectivity index is 1.52. The molecule has 1 aromatic heterocycles. The minimum Gasteiger partial charge on any atom is -0.478 e. The first-order chi connectivity index (χ1) is 13.6. The molecule has 1 aliphatic heterocycles. The first-order valence-electron chi connectivity index (χ1n) is 9.36. The molecule has 2 N–H and O–H groups in total. The molecule has 6 nitrogen and oxygen atoms in total. The Kier molecular flexibility index (Phi) is 5.23. The number of carboxylic acids is 1. The van der Waals surface area contributed by atoms with Gasteiger partial charge in [0.2, 0.25) is 0 Å². The number of carbonyl (C=O) groups is 1. The maximum atomic E-state index is 11.0. The predicted octanol–water partition coefficient (Wildman–Crippen LogP) is 3.66. The molecule has 2 aromatic carbocycles. The van der Waals surface area contributed by atoms with Crippen molar-refractivity contribution in [3.8, 4) is 11.3 Å². The van der Waals surface area contributed by atoms with Gasteiger partial charge in [-0.1, -0.05) is 42.0 Å². The Bertz CT molecular complexity index is 948. The van der Waals surface area contributed by atoms with Gasteiger partial charge in [-0.3, -0.25) is 4.90 Å². The van der Waals surface area contributed by atoms with Gasteiger partial charge in [-0.2, -0.15) is 0 Å². The number of ether oxygens (including phenoxy) is 1. The molecule has 28 heavy (non-hydrogen) atoms.